The molecule has 1 fully saturated rings. The van der Waals surface area contributed by atoms with Crippen LogP contribution < -0.4 is 0 Å². The van der Waals surface area contributed by atoms with E-state index in [1.165, 1.54) is 12.7 Å². The summed E-state index contributed by atoms with van der Waals surface area (Å²) in [6.45, 7) is 4.49. The zero-order chi connectivity index (χ0) is 19.9. The van der Waals surface area contributed by atoms with Crippen LogP contribution in [0.15, 0.2) is 34.4 Å². The summed E-state index contributed by atoms with van der Waals surface area (Å²) in [6, 6.07) is 0. The molecule has 0 aliphatic heterocycles. The monoisotopic (exact) mass is 380 g/mol. The summed E-state index contributed by atoms with van der Waals surface area (Å²) in [5, 5.41) is 0. The van der Waals surface area contributed by atoms with Gasteiger partial charge < -0.3 is 4.74 Å². The van der Waals surface area contributed by atoms with Crippen molar-refractivity contribution in [2.24, 2.45) is 22.2 Å². The highest BCUT2D eigenvalue weighted by atomic mass is 16.5. The first-order valence-electron chi connectivity index (χ1n) is 10.6. The van der Waals surface area contributed by atoms with E-state index >= 15 is 0 Å². The van der Waals surface area contributed by atoms with Crippen molar-refractivity contribution < 1.29 is 19.1 Å². The first kappa shape index (κ1) is 18.1. The first-order valence-corrected chi connectivity index (χ1v) is 10.6. The van der Waals surface area contributed by atoms with Crippen LogP contribution in [-0.2, 0) is 19.1 Å². The topological polar surface area (TPSA) is 60.4 Å². The van der Waals surface area contributed by atoms with Gasteiger partial charge in [-0.2, -0.15) is 0 Å². The van der Waals surface area contributed by atoms with Crippen molar-refractivity contribution in [2.75, 3.05) is 7.11 Å². The average Bonchev–Trinajstić information content (AvgIpc) is 3.11. The minimum absolute atomic E-state index is 0.0157. The molecule has 0 saturated heterocycles. The van der Waals surface area contributed by atoms with Gasteiger partial charge in [-0.05, 0) is 61.2 Å². The summed E-state index contributed by atoms with van der Waals surface area (Å²) in [4.78, 5) is 38.2. The maximum atomic E-state index is 13.2. The number of ether oxygens (including phenoxy) is 1. The van der Waals surface area contributed by atoms with Gasteiger partial charge in [-0.3, -0.25) is 14.4 Å². The lowest BCUT2D eigenvalue weighted by molar-refractivity contribution is -0.144. The minimum atomic E-state index is -0.416. The van der Waals surface area contributed by atoms with E-state index in [1.54, 1.807) is 6.08 Å². The van der Waals surface area contributed by atoms with Crippen molar-refractivity contribution >= 4 is 17.5 Å². The molecule has 0 aromatic carbocycles. The lowest BCUT2D eigenvalue weighted by atomic mass is 9.50. The van der Waals surface area contributed by atoms with Gasteiger partial charge in [0.05, 0.1) is 18.4 Å². The Labute approximate surface area is 166 Å². The molecule has 1 saturated carbocycles. The van der Waals surface area contributed by atoms with E-state index in [9.17, 15) is 14.4 Å². The van der Waals surface area contributed by atoms with Crippen molar-refractivity contribution in [1.29, 1.82) is 0 Å². The van der Waals surface area contributed by atoms with E-state index in [0.29, 0.717) is 25.0 Å². The van der Waals surface area contributed by atoms with Crippen LogP contribution in [0.4, 0.5) is 0 Å². The molecule has 5 aliphatic carbocycles. The molecule has 0 aromatic rings. The van der Waals surface area contributed by atoms with Gasteiger partial charge in [0.2, 0.25) is 0 Å². The second kappa shape index (κ2) is 5.55. The highest BCUT2D eigenvalue weighted by molar-refractivity contribution is 5.96. The predicted molar refractivity (Wildman–Crippen MR) is 104 cm³/mol. The third-order valence-corrected chi connectivity index (χ3v) is 8.83. The van der Waals surface area contributed by atoms with Crippen molar-refractivity contribution in [3.05, 3.63) is 34.4 Å². The van der Waals surface area contributed by atoms with Crippen LogP contribution in [0.5, 0.6) is 0 Å². The van der Waals surface area contributed by atoms with Gasteiger partial charge in [-0.1, -0.05) is 31.1 Å². The number of carbonyl (C=O) groups excluding carboxylic acids is 3. The highest BCUT2D eigenvalue weighted by Crippen LogP contribution is 2.70. The maximum Gasteiger partial charge on any atom is 0.313 e. The van der Waals surface area contributed by atoms with E-state index < -0.39 is 11.3 Å². The second-order valence-electron chi connectivity index (χ2n) is 9.85. The number of hydrogen-bond acceptors (Lipinski definition) is 4. The molecule has 2 unspecified atom stereocenters. The van der Waals surface area contributed by atoms with Crippen LogP contribution in [0.25, 0.3) is 0 Å². The Kier molecular flexibility index (Phi) is 3.58. The Morgan fingerprint density at radius 2 is 1.89 bits per heavy atom. The summed E-state index contributed by atoms with van der Waals surface area (Å²) in [5.41, 5.74) is 3.98. The third-order valence-electron chi connectivity index (χ3n) is 8.83. The SMILES string of the molecule is COC(=O)[C@@H]1CC2=CC(=O)CCC2(C)C2=C1C1=CC[C@@]3(C)CCC(=O)C13CC2. The molecule has 0 radical (unpaired) electrons. The summed E-state index contributed by atoms with van der Waals surface area (Å²) in [6.07, 6.45) is 10.1. The lowest BCUT2D eigenvalue weighted by Crippen LogP contribution is -2.46. The molecule has 148 valence electrons. The molecule has 0 heterocycles. The lowest BCUT2D eigenvalue weighted by Gasteiger charge is -2.52. The Bertz CT molecular complexity index is 919. The molecular formula is C24H28O4. The summed E-state index contributed by atoms with van der Waals surface area (Å²) in [5.74, 6) is -0.125. The quantitative estimate of drug-likeness (QED) is 0.638. The van der Waals surface area contributed by atoms with Gasteiger partial charge >= 0.3 is 5.97 Å². The molecule has 4 atom stereocenters. The number of carbonyl (C=O) groups is 3. The van der Waals surface area contributed by atoms with E-state index in [0.717, 1.165) is 48.8 Å². The third kappa shape index (κ3) is 1.94. The minimum Gasteiger partial charge on any atom is -0.469 e. The Balaban J connectivity index is 1.74. The van der Waals surface area contributed by atoms with Crippen LogP contribution in [-0.4, -0.2) is 24.6 Å². The van der Waals surface area contributed by atoms with E-state index in [-0.39, 0.29) is 22.6 Å². The van der Waals surface area contributed by atoms with Crippen molar-refractivity contribution in [3.8, 4) is 0 Å². The zero-order valence-electron chi connectivity index (χ0n) is 17.0. The van der Waals surface area contributed by atoms with Crippen LogP contribution >= 0.6 is 0 Å². The van der Waals surface area contributed by atoms with E-state index in [1.807, 2.05) is 0 Å². The van der Waals surface area contributed by atoms with Crippen molar-refractivity contribution in [2.45, 2.75) is 65.2 Å². The fraction of sp³-hybridized carbons (Fsp3) is 0.625. The van der Waals surface area contributed by atoms with Crippen molar-refractivity contribution in [3.63, 3.8) is 0 Å². The molecule has 1 spiro atoms. The van der Waals surface area contributed by atoms with Gasteiger partial charge in [0.25, 0.3) is 0 Å². The number of ketones is 2. The molecule has 28 heavy (non-hydrogen) atoms. The normalized spacial score (nSPS) is 41.6. The Hall–Kier alpha value is -1.97. The Morgan fingerprint density at radius 3 is 2.64 bits per heavy atom. The predicted octanol–water partition coefficient (Wildman–Crippen LogP) is 4.25. The fourth-order valence-corrected chi connectivity index (χ4v) is 7.16. The number of Topliss-reactive ketones (excluding diaryl/α,β-unsaturated/α-hetero) is 1. The second-order valence-corrected chi connectivity index (χ2v) is 9.85. The highest BCUT2D eigenvalue weighted by Gasteiger charge is 2.65. The number of methoxy groups -OCH3 is 1. The molecule has 0 N–H and O–H groups in total. The van der Waals surface area contributed by atoms with Crippen LogP contribution in [0, 0.1) is 22.2 Å². The number of rotatable bonds is 1. The Morgan fingerprint density at radius 1 is 1.11 bits per heavy atom. The van der Waals surface area contributed by atoms with Crippen LogP contribution in [0.2, 0.25) is 0 Å². The largest absolute Gasteiger partial charge is 0.469 e. The molecule has 0 aromatic heterocycles. The average molecular weight is 380 g/mol. The van der Waals surface area contributed by atoms with Crippen LogP contribution in [0.1, 0.15) is 65.2 Å². The smallest absolute Gasteiger partial charge is 0.313 e. The van der Waals surface area contributed by atoms with Gasteiger partial charge in [0, 0.05) is 18.3 Å². The van der Waals surface area contributed by atoms with Gasteiger partial charge in [-0.25, -0.2) is 0 Å². The molecule has 0 bridgehead atoms. The van der Waals surface area contributed by atoms with E-state index in [4.69, 9.17) is 4.74 Å². The molecule has 4 nitrogen and oxygen atoms in total. The molecule has 0 amide bonds. The van der Waals surface area contributed by atoms with Gasteiger partial charge in [-0.15, -0.1) is 0 Å². The van der Waals surface area contributed by atoms with Gasteiger partial charge in [0.1, 0.15) is 5.78 Å². The number of esters is 1. The number of fused-ring (bicyclic) bond motifs is 3. The van der Waals surface area contributed by atoms with E-state index in [2.05, 4.69) is 19.9 Å². The summed E-state index contributed by atoms with van der Waals surface area (Å²) in [7, 11) is 1.43. The zero-order valence-corrected chi connectivity index (χ0v) is 17.0. The molecule has 4 heteroatoms. The van der Waals surface area contributed by atoms with Gasteiger partial charge in [0.15, 0.2) is 5.78 Å². The standard InChI is InChI=1S/C24H28O4/c1-22-8-5-18-20-16(21(27)28-3)13-14-12-15(25)4-10-23(14,2)17(20)6-11-24(18,22)19(26)7-9-22/h5,12,16H,4,6-11,13H2,1-3H3/t16-,22+,23?,24?/m1/s1. The summed E-state index contributed by atoms with van der Waals surface area (Å²) >= 11 is 0. The maximum absolute atomic E-state index is 13.2. The molecule has 5 rings (SSSR count). The molecular weight excluding hydrogens is 352 g/mol. The molecule has 5 aliphatic rings. The number of hydrogen-bond donors (Lipinski definition) is 0. The number of allylic oxidation sites excluding steroid dienone is 5. The first-order chi connectivity index (χ1) is 13.3. The van der Waals surface area contributed by atoms with Crippen molar-refractivity contribution in [1.82, 2.24) is 0 Å². The van der Waals surface area contributed by atoms with Crippen LogP contribution in [0.3, 0.4) is 0 Å². The fourth-order valence-electron chi connectivity index (χ4n) is 7.16. The summed E-state index contributed by atoms with van der Waals surface area (Å²) < 4.78 is 5.19.